The molecule has 0 unspecified atom stereocenters. The lowest BCUT2D eigenvalue weighted by Crippen LogP contribution is -2.01. The van der Waals surface area contributed by atoms with Crippen LogP contribution in [0, 0.1) is 6.92 Å². The van der Waals surface area contributed by atoms with E-state index in [1.807, 2.05) is 13.0 Å². The molecule has 1 aliphatic carbocycles. The predicted molar refractivity (Wildman–Crippen MR) is 80.4 cm³/mol. The van der Waals surface area contributed by atoms with Crippen LogP contribution in [0.4, 0.5) is 0 Å². The maximum Gasteiger partial charge on any atom is 0.124 e. The summed E-state index contributed by atoms with van der Waals surface area (Å²) < 4.78 is 0. The van der Waals surface area contributed by atoms with E-state index in [4.69, 9.17) is 5.73 Å². The summed E-state index contributed by atoms with van der Waals surface area (Å²) in [6.45, 7) is 4.74. The van der Waals surface area contributed by atoms with Gasteiger partial charge < -0.3 is 5.73 Å². The molecule has 3 heteroatoms. The lowest BCUT2D eigenvalue weighted by atomic mass is 10.2. The Morgan fingerprint density at radius 1 is 1.44 bits per heavy atom. The summed E-state index contributed by atoms with van der Waals surface area (Å²) in [6, 6.07) is 0. The topological polar surface area (TPSA) is 38.9 Å². The summed E-state index contributed by atoms with van der Waals surface area (Å²) in [5.41, 5.74) is 9.16. The number of aromatic nitrogens is 1. The third-order valence-corrected chi connectivity index (χ3v) is 3.88. The van der Waals surface area contributed by atoms with Crippen molar-refractivity contribution in [3.05, 3.63) is 51.5 Å². The van der Waals surface area contributed by atoms with Crippen molar-refractivity contribution in [2.24, 2.45) is 5.73 Å². The first-order chi connectivity index (χ1) is 8.74. The Labute approximate surface area is 112 Å². The zero-order chi connectivity index (χ0) is 13.0. The number of aryl methyl sites for hydroxylation is 1. The van der Waals surface area contributed by atoms with Crippen LogP contribution in [-0.4, -0.2) is 11.5 Å². The Balaban J connectivity index is 2.34. The molecule has 94 valence electrons. The maximum atomic E-state index is 5.67. The van der Waals surface area contributed by atoms with Gasteiger partial charge >= 0.3 is 0 Å². The molecule has 0 bridgehead atoms. The number of hydrogen-bond donors (Lipinski definition) is 1. The number of nitrogens with two attached hydrogens (primary N) is 1. The normalized spacial score (nSPS) is 15.7. The number of hydrogen-bond acceptors (Lipinski definition) is 3. The highest BCUT2D eigenvalue weighted by molar-refractivity contribution is 7.12. The van der Waals surface area contributed by atoms with E-state index in [9.17, 15) is 0 Å². The van der Waals surface area contributed by atoms with Gasteiger partial charge in [-0.15, -0.1) is 11.3 Å². The van der Waals surface area contributed by atoms with Crippen LogP contribution in [0.3, 0.4) is 0 Å². The Kier molecular flexibility index (Phi) is 4.28. The molecule has 2 nitrogen and oxygen atoms in total. The van der Waals surface area contributed by atoms with Gasteiger partial charge in [-0.3, -0.25) is 0 Å². The highest BCUT2D eigenvalue weighted by atomic mass is 32.1. The minimum atomic E-state index is 0.620. The second-order valence-electron chi connectivity index (χ2n) is 4.22. The first kappa shape index (κ1) is 13.0. The van der Waals surface area contributed by atoms with Crippen molar-refractivity contribution in [1.29, 1.82) is 0 Å². The van der Waals surface area contributed by atoms with Gasteiger partial charge in [0, 0.05) is 17.0 Å². The number of rotatable bonds is 3. The van der Waals surface area contributed by atoms with Crippen molar-refractivity contribution in [3.63, 3.8) is 0 Å². The molecule has 0 amide bonds. The molecular weight excluding hydrogens is 240 g/mol. The first-order valence-electron chi connectivity index (χ1n) is 6.11. The third-order valence-electron chi connectivity index (χ3n) is 2.84. The fraction of sp³-hybridized carbons (Fsp3) is 0.267. The van der Waals surface area contributed by atoms with Crippen LogP contribution in [0.5, 0.6) is 0 Å². The monoisotopic (exact) mass is 258 g/mol. The van der Waals surface area contributed by atoms with E-state index in [0.29, 0.717) is 6.54 Å². The molecule has 0 spiro atoms. The standard InChI is InChI=1S/C15H18N2S/c1-3-5-14-11(2)18-15(17-14)13-7-4-6-12(10-16)8-9-13/h3-5,7-9H,6,10,16H2,1-2H3/b5-3-. The van der Waals surface area contributed by atoms with Gasteiger partial charge in [-0.05, 0) is 26.3 Å². The van der Waals surface area contributed by atoms with Gasteiger partial charge in [0.25, 0.3) is 0 Å². The molecule has 0 fully saturated rings. The predicted octanol–water partition coefficient (Wildman–Crippen LogP) is 3.71. The zero-order valence-corrected chi connectivity index (χ0v) is 11.6. The van der Waals surface area contributed by atoms with E-state index in [1.54, 1.807) is 11.3 Å². The average Bonchev–Trinajstić information content (AvgIpc) is 2.62. The van der Waals surface area contributed by atoms with Crippen molar-refractivity contribution >= 4 is 23.0 Å². The maximum absolute atomic E-state index is 5.67. The summed E-state index contributed by atoms with van der Waals surface area (Å²) in [5.74, 6) is 0. The molecule has 2 rings (SSSR count). The van der Waals surface area contributed by atoms with E-state index >= 15 is 0 Å². The van der Waals surface area contributed by atoms with E-state index in [0.717, 1.165) is 17.1 Å². The van der Waals surface area contributed by atoms with Crippen LogP contribution in [-0.2, 0) is 0 Å². The minimum Gasteiger partial charge on any atom is -0.327 e. The number of nitrogens with zero attached hydrogens (tertiary/aromatic N) is 1. The van der Waals surface area contributed by atoms with Gasteiger partial charge in [-0.2, -0.15) is 0 Å². The van der Waals surface area contributed by atoms with Crippen LogP contribution in [0.25, 0.3) is 11.6 Å². The van der Waals surface area contributed by atoms with Crippen molar-refractivity contribution < 1.29 is 0 Å². The molecule has 1 aliphatic rings. The van der Waals surface area contributed by atoms with Crippen molar-refractivity contribution in [3.8, 4) is 0 Å². The van der Waals surface area contributed by atoms with Gasteiger partial charge in [0.2, 0.25) is 0 Å². The van der Waals surface area contributed by atoms with Crippen LogP contribution >= 0.6 is 11.3 Å². The van der Waals surface area contributed by atoms with Crippen LogP contribution < -0.4 is 5.73 Å². The molecule has 0 atom stereocenters. The Hall–Kier alpha value is -1.45. The van der Waals surface area contributed by atoms with Crippen LogP contribution in [0.1, 0.15) is 28.9 Å². The quantitative estimate of drug-likeness (QED) is 0.897. The molecule has 18 heavy (non-hydrogen) atoms. The van der Waals surface area contributed by atoms with Crippen molar-refractivity contribution in [2.45, 2.75) is 20.3 Å². The largest absolute Gasteiger partial charge is 0.327 e. The van der Waals surface area contributed by atoms with Crippen molar-refractivity contribution in [2.75, 3.05) is 6.54 Å². The minimum absolute atomic E-state index is 0.620. The van der Waals surface area contributed by atoms with E-state index < -0.39 is 0 Å². The van der Waals surface area contributed by atoms with Crippen LogP contribution in [0.2, 0.25) is 0 Å². The number of allylic oxidation sites excluding steroid dienone is 6. The average molecular weight is 258 g/mol. The first-order valence-corrected chi connectivity index (χ1v) is 6.93. The Morgan fingerprint density at radius 3 is 3.00 bits per heavy atom. The Morgan fingerprint density at radius 2 is 2.28 bits per heavy atom. The molecule has 1 heterocycles. The lowest BCUT2D eigenvalue weighted by molar-refractivity contribution is 1.07. The van der Waals surface area contributed by atoms with Crippen LogP contribution in [0.15, 0.2) is 36.0 Å². The van der Waals surface area contributed by atoms with Gasteiger partial charge in [-0.25, -0.2) is 4.98 Å². The number of thiazole rings is 1. The molecule has 0 saturated heterocycles. The molecule has 2 N–H and O–H groups in total. The fourth-order valence-corrected chi connectivity index (χ4v) is 2.71. The fourth-order valence-electron chi connectivity index (χ4n) is 1.81. The SMILES string of the molecule is C/C=C\c1nc(C2=CC=C(CN)CC=C2)sc1C. The van der Waals surface area contributed by atoms with Gasteiger partial charge in [0.1, 0.15) is 5.01 Å². The summed E-state index contributed by atoms with van der Waals surface area (Å²) in [6.07, 6.45) is 13.5. The summed E-state index contributed by atoms with van der Waals surface area (Å²) in [7, 11) is 0. The van der Waals surface area contributed by atoms with E-state index in [-0.39, 0.29) is 0 Å². The van der Waals surface area contributed by atoms with Gasteiger partial charge in [0.05, 0.1) is 5.69 Å². The molecular formula is C15H18N2S. The zero-order valence-electron chi connectivity index (χ0n) is 10.8. The lowest BCUT2D eigenvalue weighted by Gasteiger charge is -1.94. The second-order valence-corrected chi connectivity index (χ2v) is 5.42. The molecule has 1 aromatic heterocycles. The highest BCUT2D eigenvalue weighted by Gasteiger charge is 2.08. The second kappa shape index (κ2) is 5.94. The van der Waals surface area contributed by atoms with Crippen molar-refractivity contribution in [1.82, 2.24) is 4.98 Å². The van der Waals surface area contributed by atoms with Gasteiger partial charge in [-0.1, -0.05) is 36.0 Å². The molecule has 0 radical (unpaired) electrons. The summed E-state index contributed by atoms with van der Waals surface area (Å²) in [4.78, 5) is 5.92. The highest BCUT2D eigenvalue weighted by Crippen LogP contribution is 2.27. The smallest absolute Gasteiger partial charge is 0.124 e. The summed E-state index contributed by atoms with van der Waals surface area (Å²) >= 11 is 1.74. The molecule has 0 aromatic carbocycles. The molecule has 1 aromatic rings. The van der Waals surface area contributed by atoms with Gasteiger partial charge in [0.15, 0.2) is 0 Å². The summed E-state index contributed by atoms with van der Waals surface area (Å²) in [5, 5.41) is 1.08. The molecule has 0 saturated carbocycles. The molecule has 0 aliphatic heterocycles. The van der Waals surface area contributed by atoms with E-state index in [1.165, 1.54) is 16.0 Å². The third kappa shape index (κ3) is 2.86. The Bertz CT molecular complexity index is 545. The van der Waals surface area contributed by atoms with E-state index in [2.05, 4.69) is 42.3 Å².